The van der Waals surface area contributed by atoms with Crippen LogP contribution in [0.5, 0.6) is 5.75 Å². The second-order valence-corrected chi connectivity index (χ2v) is 5.07. The Balaban J connectivity index is 1.96. The van der Waals surface area contributed by atoms with Gasteiger partial charge in [-0.3, -0.25) is 5.32 Å². The van der Waals surface area contributed by atoms with Crippen LogP contribution in [0.1, 0.15) is 11.1 Å². The van der Waals surface area contributed by atoms with Crippen LogP contribution in [0, 0.1) is 6.92 Å². The zero-order chi connectivity index (χ0) is 15.2. The van der Waals surface area contributed by atoms with Crippen LogP contribution in [-0.4, -0.2) is 12.6 Å². The number of anilines is 1. The van der Waals surface area contributed by atoms with Crippen LogP contribution in [0.25, 0.3) is 0 Å². The van der Waals surface area contributed by atoms with Gasteiger partial charge in [-0.2, -0.15) is 0 Å². The molecule has 3 N–H and O–H groups in total. The average molecular weight is 305 g/mol. The minimum Gasteiger partial charge on any atom is -0.410 e. The highest BCUT2D eigenvalue weighted by Crippen LogP contribution is 2.20. The first-order valence-corrected chi connectivity index (χ1v) is 7.00. The molecule has 0 aromatic heterocycles. The summed E-state index contributed by atoms with van der Waals surface area (Å²) in [5.74, 6) is 0.478. The Morgan fingerprint density at radius 1 is 1.24 bits per heavy atom. The molecule has 0 fully saturated rings. The van der Waals surface area contributed by atoms with Gasteiger partial charge in [-0.15, -0.1) is 0 Å². The molecule has 0 saturated carbocycles. The van der Waals surface area contributed by atoms with Gasteiger partial charge in [-0.1, -0.05) is 29.8 Å². The normalized spacial score (nSPS) is 10.2. The lowest BCUT2D eigenvalue weighted by atomic mass is 10.1. The van der Waals surface area contributed by atoms with Crippen LogP contribution < -0.4 is 15.8 Å². The van der Waals surface area contributed by atoms with Gasteiger partial charge >= 0.3 is 6.09 Å². The minimum absolute atomic E-state index is 0.478. The van der Waals surface area contributed by atoms with Crippen molar-refractivity contribution < 1.29 is 9.53 Å². The molecule has 0 radical (unpaired) electrons. The first kappa shape index (κ1) is 15.4. The number of aryl methyl sites for hydroxylation is 1. The van der Waals surface area contributed by atoms with Crippen LogP contribution in [0.3, 0.4) is 0 Å². The molecule has 110 valence electrons. The molecule has 1 amide bonds. The van der Waals surface area contributed by atoms with Gasteiger partial charge in [0.1, 0.15) is 5.75 Å². The zero-order valence-electron chi connectivity index (χ0n) is 11.7. The number of ether oxygens (including phenoxy) is 1. The van der Waals surface area contributed by atoms with Gasteiger partial charge in [0.2, 0.25) is 0 Å². The van der Waals surface area contributed by atoms with E-state index < -0.39 is 6.09 Å². The van der Waals surface area contributed by atoms with Crippen LogP contribution in [-0.2, 0) is 6.42 Å². The maximum absolute atomic E-state index is 11.8. The molecule has 5 heteroatoms. The van der Waals surface area contributed by atoms with Crippen molar-refractivity contribution in [2.75, 3.05) is 11.9 Å². The van der Waals surface area contributed by atoms with Crippen molar-refractivity contribution in [2.45, 2.75) is 13.3 Å². The highest BCUT2D eigenvalue weighted by atomic mass is 35.5. The zero-order valence-corrected chi connectivity index (χ0v) is 12.5. The number of rotatable bonds is 4. The molecule has 2 rings (SSSR count). The summed E-state index contributed by atoms with van der Waals surface area (Å²) < 4.78 is 5.20. The highest BCUT2D eigenvalue weighted by Gasteiger charge is 2.06. The van der Waals surface area contributed by atoms with Gasteiger partial charge in [0.25, 0.3) is 0 Å². The lowest BCUT2D eigenvalue weighted by Crippen LogP contribution is -2.16. The van der Waals surface area contributed by atoms with Gasteiger partial charge in [0.15, 0.2) is 0 Å². The van der Waals surface area contributed by atoms with Gasteiger partial charge in [-0.25, -0.2) is 4.79 Å². The Hall–Kier alpha value is -2.04. The molecule has 0 unspecified atom stereocenters. The molecule has 4 nitrogen and oxygen atoms in total. The third-order valence-electron chi connectivity index (χ3n) is 2.99. The van der Waals surface area contributed by atoms with Crippen LogP contribution in [0.2, 0.25) is 5.02 Å². The van der Waals surface area contributed by atoms with Crippen molar-refractivity contribution in [3.63, 3.8) is 0 Å². The Bertz CT molecular complexity index is 627. The SMILES string of the molecule is Cc1ccc(NC(=O)Oc2ccc(CCN)cc2)cc1Cl. The lowest BCUT2D eigenvalue weighted by Gasteiger charge is -2.08. The molecule has 0 aliphatic carbocycles. The summed E-state index contributed by atoms with van der Waals surface area (Å²) in [7, 11) is 0. The molecular formula is C16H17ClN2O2. The third kappa shape index (κ3) is 4.48. The Kier molecular flexibility index (Phi) is 5.20. The van der Waals surface area contributed by atoms with E-state index in [1.165, 1.54) is 0 Å². The number of carbonyl (C=O) groups excluding carboxylic acids is 1. The largest absolute Gasteiger partial charge is 0.417 e. The van der Waals surface area contributed by atoms with Crippen molar-refractivity contribution in [3.8, 4) is 5.75 Å². The average Bonchev–Trinajstić information content (AvgIpc) is 2.45. The van der Waals surface area contributed by atoms with Gasteiger partial charge in [0.05, 0.1) is 0 Å². The smallest absolute Gasteiger partial charge is 0.410 e. The van der Waals surface area contributed by atoms with E-state index in [0.29, 0.717) is 23.0 Å². The highest BCUT2D eigenvalue weighted by molar-refractivity contribution is 6.31. The molecule has 0 aliphatic rings. The fourth-order valence-electron chi connectivity index (χ4n) is 1.81. The molecule has 2 aromatic carbocycles. The molecule has 0 heterocycles. The van der Waals surface area contributed by atoms with E-state index in [4.69, 9.17) is 22.1 Å². The van der Waals surface area contributed by atoms with Gasteiger partial charge < -0.3 is 10.5 Å². The molecular weight excluding hydrogens is 288 g/mol. The predicted molar refractivity (Wildman–Crippen MR) is 85.0 cm³/mol. The van der Waals surface area contributed by atoms with E-state index >= 15 is 0 Å². The summed E-state index contributed by atoms with van der Waals surface area (Å²) in [6, 6.07) is 12.5. The summed E-state index contributed by atoms with van der Waals surface area (Å²) in [6.45, 7) is 2.49. The first-order valence-electron chi connectivity index (χ1n) is 6.62. The molecule has 21 heavy (non-hydrogen) atoms. The summed E-state index contributed by atoms with van der Waals surface area (Å²) in [4.78, 5) is 11.8. The number of carbonyl (C=O) groups is 1. The van der Waals surface area contributed by atoms with E-state index in [1.54, 1.807) is 24.3 Å². The first-order chi connectivity index (χ1) is 10.1. The molecule has 0 saturated heterocycles. The lowest BCUT2D eigenvalue weighted by molar-refractivity contribution is 0.215. The number of nitrogens with one attached hydrogen (secondary N) is 1. The molecule has 0 bridgehead atoms. The van der Waals surface area contributed by atoms with Gasteiger partial charge in [0, 0.05) is 10.7 Å². The monoisotopic (exact) mass is 304 g/mol. The fraction of sp³-hybridized carbons (Fsp3) is 0.188. The van der Waals surface area contributed by atoms with E-state index in [1.807, 2.05) is 25.1 Å². The Morgan fingerprint density at radius 2 is 1.95 bits per heavy atom. The number of hydrogen-bond acceptors (Lipinski definition) is 3. The molecule has 0 aliphatic heterocycles. The number of amides is 1. The van der Waals surface area contributed by atoms with Crippen molar-refractivity contribution in [1.29, 1.82) is 0 Å². The fourth-order valence-corrected chi connectivity index (χ4v) is 1.99. The second kappa shape index (κ2) is 7.11. The van der Waals surface area contributed by atoms with Crippen LogP contribution in [0.4, 0.5) is 10.5 Å². The number of benzene rings is 2. The summed E-state index contributed by atoms with van der Waals surface area (Å²) >= 11 is 6.00. The standard InChI is InChI=1S/C16H17ClN2O2/c1-11-2-5-13(10-15(11)17)19-16(20)21-14-6-3-12(4-7-14)8-9-18/h2-7,10H,8-9,18H2,1H3,(H,19,20). The molecule has 0 spiro atoms. The molecule has 0 atom stereocenters. The quantitative estimate of drug-likeness (QED) is 0.904. The number of halogens is 1. The van der Waals surface area contributed by atoms with E-state index in [-0.39, 0.29) is 0 Å². The van der Waals surface area contributed by atoms with Crippen molar-refractivity contribution in [3.05, 3.63) is 58.6 Å². The van der Waals surface area contributed by atoms with Crippen LogP contribution in [0.15, 0.2) is 42.5 Å². The summed E-state index contributed by atoms with van der Waals surface area (Å²) in [5.41, 5.74) is 8.13. The van der Waals surface area contributed by atoms with Crippen molar-refractivity contribution >= 4 is 23.4 Å². The molecule has 2 aromatic rings. The van der Waals surface area contributed by atoms with Crippen LogP contribution >= 0.6 is 11.6 Å². The second-order valence-electron chi connectivity index (χ2n) is 4.66. The Morgan fingerprint density at radius 3 is 2.57 bits per heavy atom. The maximum atomic E-state index is 11.8. The van der Waals surface area contributed by atoms with E-state index in [9.17, 15) is 4.79 Å². The summed E-state index contributed by atoms with van der Waals surface area (Å²) in [5, 5.41) is 3.23. The number of hydrogen-bond donors (Lipinski definition) is 2. The van der Waals surface area contributed by atoms with E-state index in [2.05, 4.69) is 5.32 Å². The minimum atomic E-state index is -0.554. The van der Waals surface area contributed by atoms with E-state index in [0.717, 1.165) is 17.5 Å². The van der Waals surface area contributed by atoms with Crippen molar-refractivity contribution in [1.82, 2.24) is 0 Å². The van der Waals surface area contributed by atoms with Crippen molar-refractivity contribution in [2.24, 2.45) is 5.73 Å². The maximum Gasteiger partial charge on any atom is 0.417 e. The Labute approximate surface area is 128 Å². The predicted octanol–water partition coefficient (Wildman–Crippen LogP) is 3.76. The number of nitrogens with two attached hydrogens (primary N) is 1. The van der Waals surface area contributed by atoms with Gasteiger partial charge in [-0.05, 0) is 55.3 Å². The summed E-state index contributed by atoms with van der Waals surface area (Å²) in [6.07, 6.45) is 0.246. The third-order valence-corrected chi connectivity index (χ3v) is 3.39. The topological polar surface area (TPSA) is 64.3 Å².